The Morgan fingerprint density at radius 3 is 2.67 bits per heavy atom. The molecule has 118 valence electrons. The van der Waals surface area contributed by atoms with Gasteiger partial charge < -0.3 is 10.1 Å². The molecular weight excluding hydrogens is 260 g/mol. The molecule has 3 heteroatoms. The van der Waals surface area contributed by atoms with E-state index in [4.69, 9.17) is 4.74 Å². The van der Waals surface area contributed by atoms with Crippen LogP contribution in [0, 0.1) is 12.8 Å². The van der Waals surface area contributed by atoms with Crippen LogP contribution in [-0.2, 0) is 0 Å². The van der Waals surface area contributed by atoms with Gasteiger partial charge in [-0.3, -0.25) is 4.90 Å². The minimum atomic E-state index is 0.577. The lowest BCUT2D eigenvalue weighted by Crippen LogP contribution is -2.42. The smallest absolute Gasteiger partial charge is 0.119 e. The molecule has 3 nitrogen and oxygen atoms in total. The quantitative estimate of drug-likeness (QED) is 0.835. The van der Waals surface area contributed by atoms with Crippen molar-refractivity contribution in [2.75, 3.05) is 32.8 Å². The van der Waals surface area contributed by atoms with Gasteiger partial charge in [-0.2, -0.15) is 0 Å². The first-order chi connectivity index (χ1) is 10.1. The summed E-state index contributed by atoms with van der Waals surface area (Å²) in [6, 6.07) is 8.89. The maximum absolute atomic E-state index is 5.87. The van der Waals surface area contributed by atoms with Crippen molar-refractivity contribution in [3.63, 3.8) is 0 Å². The second-order valence-corrected chi connectivity index (χ2v) is 6.46. The lowest BCUT2D eigenvalue weighted by Gasteiger charge is -2.32. The van der Waals surface area contributed by atoms with Gasteiger partial charge in [-0.25, -0.2) is 0 Å². The average Bonchev–Trinajstić information content (AvgIpc) is 2.49. The molecule has 0 amide bonds. The Kier molecular flexibility index (Phi) is 6.52. The second-order valence-electron chi connectivity index (χ2n) is 6.46. The summed E-state index contributed by atoms with van der Waals surface area (Å²) in [5, 5.41) is 3.51. The van der Waals surface area contributed by atoms with Gasteiger partial charge >= 0.3 is 0 Å². The van der Waals surface area contributed by atoms with Crippen molar-refractivity contribution in [1.82, 2.24) is 10.2 Å². The maximum Gasteiger partial charge on any atom is 0.119 e. The second kappa shape index (κ2) is 8.40. The fourth-order valence-corrected chi connectivity index (χ4v) is 2.89. The number of piperidine rings is 1. The summed E-state index contributed by atoms with van der Waals surface area (Å²) >= 11 is 0. The third-order valence-corrected chi connectivity index (χ3v) is 4.29. The Bertz CT molecular complexity index is 396. The summed E-state index contributed by atoms with van der Waals surface area (Å²) < 4.78 is 5.87. The SMILES string of the molecule is Cc1ccc(OCCN(CC2CCCNC2)C(C)C)cc1. The number of ether oxygens (including phenoxy) is 1. The molecule has 0 aromatic heterocycles. The lowest BCUT2D eigenvalue weighted by molar-refractivity contribution is 0.143. The Morgan fingerprint density at radius 1 is 1.29 bits per heavy atom. The van der Waals surface area contributed by atoms with E-state index in [0.717, 1.165) is 24.8 Å². The molecule has 1 aromatic rings. The van der Waals surface area contributed by atoms with E-state index in [0.29, 0.717) is 6.04 Å². The number of hydrogen-bond acceptors (Lipinski definition) is 3. The van der Waals surface area contributed by atoms with E-state index in [1.54, 1.807) is 0 Å². The number of hydrogen-bond donors (Lipinski definition) is 1. The van der Waals surface area contributed by atoms with Gasteiger partial charge in [0, 0.05) is 19.1 Å². The molecule has 0 radical (unpaired) electrons. The summed E-state index contributed by atoms with van der Waals surface area (Å²) in [7, 11) is 0. The zero-order valence-corrected chi connectivity index (χ0v) is 13.8. The minimum absolute atomic E-state index is 0.577. The van der Waals surface area contributed by atoms with Crippen molar-refractivity contribution >= 4 is 0 Å². The molecule has 2 rings (SSSR count). The zero-order chi connectivity index (χ0) is 15.1. The summed E-state index contributed by atoms with van der Waals surface area (Å²) in [5.74, 6) is 1.77. The average molecular weight is 290 g/mol. The van der Waals surface area contributed by atoms with E-state index in [9.17, 15) is 0 Å². The van der Waals surface area contributed by atoms with Crippen molar-refractivity contribution in [1.29, 1.82) is 0 Å². The normalized spacial score (nSPS) is 19.2. The van der Waals surface area contributed by atoms with Crippen molar-refractivity contribution in [3.05, 3.63) is 29.8 Å². The van der Waals surface area contributed by atoms with Crippen LogP contribution in [0.4, 0.5) is 0 Å². The first-order valence-corrected chi connectivity index (χ1v) is 8.29. The molecule has 21 heavy (non-hydrogen) atoms. The van der Waals surface area contributed by atoms with Crippen LogP contribution in [-0.4, -0.2) is 43.7 Å². The van der Waals surface area contributed by atoms with E-state index in [2.05, 4.69) is 55.3 Å². The monoisotopic (exact) mass is 290 g/mol. The van der Waals surface area contributed by atoms with Gasteiger partial charge in [0.1, 0.15) is 12.4 Å². The summed E-state index contributed by atoms with van der Waals surface area (Å²) in [4.78, 5) is 2.55. The fourth-order valence-electron chi connectivity index (χ4n) is 2.89. The molecule has 1 aliphatic heterocycles. The van der Waals surface area contributed by atoms with Crippen molar-refractivity contribution in [2.24, 2.45) is 5.92 Å². The molecule has 1 unspecified atom stereocenters. The van der Waals surface area contributed by atoms with Crippen molar-refractivity contribution in [3.8, 4) is 5.75 Å². The fraction of sp³-hybridized carbons (Fsp3) is 0.667. The minimum Gasteiger partial charge on any atom is -0.492 e. The van der Waals surface area contributed by atoms with E-state index >= 15 is 0 Å². The van der Waals surface area contributed by atoms with Crippen molar-refractivity contribution < 1.29 is 4.74 Å². The van der Waals surface area contributed by atoms with Gasteiger partial charge in [-0.05, 0) is 64.8 Å². The van der Waals surface area contributed by atoms with Crippen LogP contribution >= 0.6 is 0 Å². The highest BCUT2D eigenvalue weighted by Gasteiger charge is 2.18. The van der Waals surface area contributed by atoms with Gasteiger partial charge in [0.15, 0.2) is 0 Å². The molecule has 1 aromatic carbocycles. The molecule has 1 saturated heterocycles. The van der Waals surface area contributed by atoms with Gasteiger partial charge in [0.2, 0.25) is 0 Å². The van der Waals surface area contributed by atoms with Gasteiger partial charge in [-0.1, -0.05) is 17.7 Å². The maximum atomic E-state index is 5.87. The summed E-state index contributed by atoms with van der Waals surface area (Å²) in [6.45, 7) is 12.0. The summed E-state index contributed by atoms with van der Waals surface area (Å²) in [5.41, 5.74) is 1.27. The van der Waals surface area contributed by atoms with Crippen LogP contribution in [0.1, 0.15) is 32.3 Å². The van der Waals surface area contributed by atoms with Crippen LogP contribution < -0.4 is 10.1 Å². The molecular formula is C18H30N2O. The predicted octanol–water partition coefficient (Wildman–Crippen LogP) is 3.08. The van der Waals surface area contributed by atoms with Gasteiger partial charge in [0.25, 0.3) is 0 Å². The Morgan fingerprint density at radius 2 is 2.05 bits per heavy atom. The third-order valence-electron chi connectivity index (χ3n) is 4.29. The predicted molar refractivity (Wildman–Crippen MR) is 89.0 cm³/mol. The number of rotatable bonds is 7. The van der Waals surface area contributed by atoms with E-state index in [1.165, 1.54) is 38.0 Å². The molecule has 1 aliphatic rings. The molecule has 1 heterocycles. The highest BCUT2D eigenvalue weighted by Crippen LogP contribution is 2.14. The van der Waals surface area contributed by atoms with Gasteiger partial charge in [0.05, 0.1) is 0 Å². The Balaban J connectivity index is 1.75. The van der Waals surface area contributed by atoms with Crippen LogP contribution in [0.3, 0.4) is 0 Å². The standard InChI is InChI=1S/C18H30N2O/c1-15(2)20(14-17-5-4-10-19-13-17)11-12-21-18-8-6-16(3)7-9-18/h6-9,15,17,19H,4-5,10-14H2,1-3H3. The lowest BCUT2D eigenvalue weighted by atomic mass is 9.98. The molecule has 1 N–H and O–H groups in total. The third kappa shape index (κ3) is 5.68. The van der Waals surface area contributed by atoms with E-state index < -0.39 is 0 Å². The molecule has 0 spiro atoms. The molecule has 0 aliphatic carbocycles. The topological polar surface area (TPSA) is 24.5 Å². The molecule has 0 bridgehead atoms. The number of nitrogens with zero attached hydrogens (tertiary/aromatic N) is 1. The van der Waals surface area contributed by atoms with E-state index in [-0.39, 0.29) is 0 Å². The van der Waals surface area contributed by atoms with E-state index in [1.807, 2.05) is 0 Å². The molecule has 1 atom stereocenters. The Labute approximate surface area is 129 Å². The number of aryl methyl sites for hydroxylation is 1. The first kappa shape index (κ1) is 16.3. The highest BCUT2D eigenvalue weighted by atomic mass is 16.5. The Hall–Kier alpha value is -1.06. The summed E-state index contributed by atoms with van der Waals surface area (Å²) in [6.07, 6.45) is 2.67. The first-order valence-electron chi connectivity index (χ1n) is 8.29. The van der Waals surface area contributed by atoms with Crippen LogP contribution in [0.25, 0.3) is 0 Å². The van der Waals surface area contributed by atoms with Gasteiger partial charge in [-0.15, -0.1) is 0 Å². The van der Waals surface area contributed by atoms with Crippen LogP contribution in [0.2, 0.25) is 0 Å². The van der Waals surface area contributed by atoms with Crippen molar-refractivity contribution in [2.45, 2.75) is 39.7 Å². The molecule has 0 saturated carbocycles. The molecule has 1 fully saturated rings. The van der Waals surface area contributed by atoms with Crippen LogP contribution in [0.15, 0.2) is 24.3 Å². The zero-order valence-electron chi connectivity index (χ0n) is 13.8. The largest absolute Gasteiger partial charge is 0.492 e. The number of benzene rings is 1. The number of nitrogens with one attached hydrogen (secondary N) is 1. The van der Waals surface area contributed by atoms with Crippen LogP contribution in [0.5, 0.6) is 5.75 Å². The highest BCUT2D eigenvalue weighted by molar-refractivity contribution is 5.26.